The molecular formula is C12H13BrO. The number of rotatable bonds is 2. The maximum Gasteiger partial charge on any atom is 0.0440 e. The monoisotopic (exact) mass is 252 g/mol. The van der Waals surface area contributed by atoms with E-state index in [0.717, 1.165) is 22.9 Å². The van der Waals surface area contributed by atoms with E-state index in [4.69, 9.17) is 5.11 Å². The van der Waals surface area contributed by atoms with Gasteiger partial charge in [0.1, 0.15) is 0 Å². The van der Waals surface area contributed by atoms with Gasteiger partial charge in [0.05, 0.1) is 0 Å². The highest BCUT2D eigenvalue weighted by Crippen LogP contribution is 2.14. The van der Waals surface area contributed by atoms with E-state index in [0.29, 0.717) is 0 Å². The van der Waals surface area contributed by atoms with Crippen LogP contribution in [0.1, 0.15) is 24.0 Å². The summed E-state index contributed by atoms with van der Waals surface area (Å²) in [5.74, 6) is 6.14. The van der Waals surface area contributed by atoms with Gasteiger partial charge in [-0.05, 0) is 31.0 Å². The number of hydrogen-bond donors (Lipinski definition) is 1. The van der Waals surface area contributed by atoms with E-state index in [9.17, 15) is 0 Å². The summed E-state index contributed by atoms with van der Waals surface area (Å²) in [4.78, 5) is 0. The van der Waals surface area contributed by atoms with Gasteiger partial charge in [0.15, 0.2) is 0 Å². The molecule has 1 aromatic rings. The molecule has 1 nitrogen and oxygen atoms in total. The van der Waals surface area contributed by atoms with Crippen molar-refractivity contribution in [3.05, 3.63) is 33.8 Å². The largest absolute Gasteiger partial charge is 0.396 e. The zero-order valence-electron chi connectivity index (χ0n) is 8.18. The lowest BCUT2D eigenvalue weighted by molar-refractivity contribution is 0.290. The third-order valence-electron chi connectivity index (χ3n) is 1.88. The quantitative estimate of drug-likeness (QED) is 0.634. The molecule has 0 bridgehead atoms. The van der Waals surface area contributed by atoms with Gasteiger partial charge in [-0.25, -0.2) is 0 Å². The van der Waals surface area contributed by atoms with Crippen LogP contribution in [0.3, 0.4) is 0 Å². The Morgan fingerprint density at radius 3 is 2.93 bits per heavy atom. The van der Waals surface area contributed by atoms with E-state index in [2.05, 4.69) is 27.8 Å². The van der Waals surface area contributed by atoms with Crippen molar-refractivity contribution < 1.29 is 5.11 Å². The summed E-state index contributed by atoms with van der Waals surface area (Å²) in [6.45, 7) is 2.26. The molecule has 0 spiro atoms. The molecule has 14 heavy (non-hydrogen) atoms. The van der Waals surface area contributed by atoms with Gasteiger partial charge in [-0.15, -0.1) is 0 Å². The van der Waals surface area contributed by atoms with Gasteiger partial charge in [0, 0.05) is 23.1 Å². The van der Waals surface area contributed by atoms with Crippen molar-refractivity contribution in [2.45, 2.75) is 19.8 Å². The van der Waals surface area contributed by atoms with Crippen LogP contribution >= 0.6 is 15.9 Å². The molecule has 0 atom stereocenters. The second-order valence-corrected chi connectivity index (χ2v) is 4.00. The lowest BCUT2D eigenvalue weighted by Gasteiger charge is -1.97. The van der Waals surface area contributed by atoms with Crippen LogP contribution in [0.5, 0.6) is 0 Å². The number of hydrogen-bond acceptors (Lipinski definition) is 1. The Bertz CT molecular complexity index is 360. The topological polar surface area (TPSA) is 20.2 Å². The van der Waals surface area contributed by atoms with Crippen LogP contribution in [-0.2, 0) is 0 Å². The first-order valence-corrected chi connectivity index (χ1v) is 5.39. The molecule has 74 valence electrons. The number of halogens is 1. The van der Waals surface area contributed by atoms with Gasteiger partial charge >= 0.3 is 0 Å². The fourth-order valence-electron chi connectivity index (χ4n) is 1.05. The second-order valence-electron chi connectivity index (χ2n) is 3.09. The van der Waals surface area contributed by atoms with Crippen molar-refractivity contribution in [2.75, 3.05) is 6.61 Å². The second kappa shape index (κ2) is 5.85. The predicted octanol–water partition coefficient (Wildman–Crippen LogP) is 2.88. The SMILES string of the molecule is Cc1ccc(Br)cc1C#CCCCO. The number of benzene rings is 1. The Balaban J connectivity index is 2.73. The molecular weight excluding hydrogens is 240 g/mol. The standard InChI is InChI=1S/C12H13BrO/c1-10-6-7-12(13)9-11(10)5-3-2-4-8-14/h6-7,9,14H,2,4,8H2,1H3. The normalized spacial score (nSPS) is 9.36. The average Bonchev–Trinajstić information content (AvgIpc) is 2.18. The molecule has 0 fully saturated rings. The Hall–Kier alpha value is -0.780. The van der Waals surface area contributed by atoms with Crippen molar-refractivity contribution in [2.24, 2.45) is 0 Å². The maximum atomic E-state index is 8.59. The fourth-order valence-corrected chi connectivity index (χ4v) is 1.42. The molecule has 1 aromatic carbocycles. The van der Waals surface area contributed by atoms with Crippen LogP contribution in [0.15, 0.2) is 22.7 Å². The molecule has 0 heterocycles. The fraction of sp³-hybridized carbons (Fsp3) is 0.333. The first-order chi connectivity index (χ1) is 6.74. The minimum Gasteiger partial charge on any atom is -0.396 e. The molecule has 0 saturated heterocycles. The molecule has 0 aliphatic heterocycles. The zero-order chi connectivity index (χ0) is 10.4. The molecule has 0 aliphatic carbocycles. The van der Waals surface area contributed by atoms with Gasteiger partial charge in [0.2, 0.25) is 0 Å². The van der Waals surface area contributed by atoms with E-state index in [1.807, 2.05) is 25.1 Å². The van der Waals surface area contributed by atoms with Crippen LogP contribution in [0.25, 0.3) is 0 Å². The van der Waals surface area contributed by atoms with E-state index in [1.165, 1.54) is 5.56 Å². The Labute approximate surface area is 93.3 Å². The minimum absolute atomic E-state index is 0.214. The van der Waals surface area contributed by atoms with Crippen molar-refractivity contribution in [1.82, 2.24) is 0 Å². The van der Waals surface area contributed by atoms with Gasteiger partial charge in [-0.1, -0.05) is 33.8 Å². The zero-order valence-corrected chi connectivity index (χ0v) is 9.76. The first-order valence-electron chi connectivity index (χ1n) is 4.60. The molecule has 0 saturated carbocycles. The van der Waals surface area contributed by atoms with Crippen molar-refractivity contribution in [3.63, 3.8) is 0 Å². The van der Waals surface area contributed by atoms with E-state index in [-0.39, 0.29) is 6.61 Å². The van der Waals surface area contributed by atoms with Crippen molar-refractivity contribution >= 4 is 15.9 Å². The lowest BCUT2D eigenvalue weighted by atomic mass is 10.1. The van der Waals surface area contributed by atoms with E-state index < -0.39 is 0 Å². The number of aliphatic hydroxyl groups is 1. The summed E-state index contributed by atoms with van der Waals surface area (Å²) in [6.07, 6.45) is 1.50. The van der Waals surface area contributed by atoms with Gasteiger partial charge in [-0.2, -0.15) is 0 Å². The lowest BCUT2D eigenvalue weighted by Crippen LogP contribution is -1.82. The molecule has 0 radical (unpaired) electrons. The van der Waals surface area contributed by atoms with Gasteiger partial charge in [0.25, 0.3) is 0 Å². The summed E-state index contributed by atoms with van der Waals surface area (Å²) in [5.41, 5.74) is 2.24. The molecule has 2 heteroatoms. The molecule has 0 aromatic heterocycles. The summed E-state index contributed by atoms with van der Waals surface area (Å²) >= 11 is 3.41. The molecule has 0 amide bonds. The van der Waals surface area contributed by atoms with Crippen LogP contribution in [0.4, 0.5) is 0 Å². The minimum atomic E-state index is 0.214. The third kappa shape index (κ3) is 3.53. The summed E-state index contributed by atoms with van der Waals surface area (Å²) in [5, 5.41) is 8.59. The summed E-state index contributed by atoms with van der Waals surface area (Å²) in [7, 11) is 0. The highest BCUT2D eigenvalue weighted by atomic mass is 79.9. The van der Waals surface area contributed by atoms with Gasteiger partial charge in [-0.3, -0.25) is 0 Å². The molecule has 1 rings (SSSR count). The third-order valence-corrected chi connectivity index (χ3v) is 2.38. The number of aliphatic hydroxyl groups excluding tert-OH is 1. The Morgan fingerprint density at radius 2 is 2.21 bits per heavy atom. The molecule has 0 aliphatic rings. The summed E-state index contributed by atoms with van der Waals surface area (Å²) < 4.78 is 1.05. The van der Waals surface area contributed by atoms with Crippen LogP contribution in [0, 0.1) is 18.8 Å². The van der Waals surface area contributed by atoms with Crippen molar-refractivity contribution in [3.8, 4) is 11.8 Å². The smallest absolute Gasteiger partial charge is 0.0440 e. The van der Waals surface area contributed by atoms with Crippen LogP contribution < -0.4 is 0 Å². The first kappa shape index (κ1) is 11.3. The number of aryl methyl sites for hydroxylation is 1. The van der Waals surface area contributed by atoms with E-state index >= 15 is 0 Å². The molecule has 1 N–H and O–H groups in total. The number of unbranched alkanes of at least 4 members (excludes halogenated alkanes) is 1. The Morgan fingerprint density at radius 1 is 1.43 bits per heavy atom. The van der Waals surface area contributed by atoms with Crippen LogP contribution in [0.2, 0.25) is 0 Å². The summed E-state index contributed by atoms with van der Waals surface area (Å²) in [6, 6.07) is 6.07. The van der Waals surface area contributed by atoms with Crippen LogP contribution in [-0.4, -0.2) is 11.7 Å². The van der Waals surface area contributed by atoms with Crippen molar-refractivity contribution in [1.29, 1.82) is 0 Å². The van der Waals surface area contributed by atoms with E-state index in [1.54, 1.807) is 0 Å². The maximum absolute atomic E-state index is 8.59. The predicted molar refractivity (Wildman–Crippen MR) is 62.1 cm³/mol. The Kier molecular flexibility index (Phi) is 4.72. The van der Waals surface area contributed by atoms with Gasteiger partial charge < -0.3 is 5.11 Å². The molecule has 0 unspecified atom stereocenters. The average molecular weight is 253 g/mol. The highest BCUT2D eigenvalue weighted by Gasteiger charge is 1.94. The highest BCUT2D eigenvalue weighted by molar-refractivity contribution is 9.10.